The predicted octanol–water partition coefficient (Wildman–Crippen LogP) is 1.99. The first-order chi connectivity index (χ1) is 10.5. The normalized spacial score (nSPS) is 10.7. The number of rotatable bonds is 7. The van der Waals surface area contributed by atoms with Crippen molar-refractivity contribution in [1.82, 2.24) is 9.97 Å². The number of nitrogen functional groups attached to an aromatic ring is 1. The van der Waals surface area contributed by atoms with Gasteiger partial charge in [0.25, 0.3) is 0 Å². The van der Waals surface area contributed by atoms with Crippen molar-refractivity contribution in [3.63, 3.8) is 0 Å². The van der Waals surface area contributed by atoms with Gasteiger partial charge in [-0.3, -0.25) is 0 Å². The van der Waals surface area contributed by atoms with Crippen LogP contribution in [0, 0.1) is 0 Å². The van der Waals surface area contributed by atoms with Crippen molar-refractivity contribution in [3.8, 4) is 0 Å². The monoisotopic (exact) mass is 317 g/mol. The minimum Gasteiger partial charge on any atom is -0.395 e. The van der Waals surface area contributed by atoms with E-state index in [1.807, 2.05) is 18.7 Å². The van der Waals surface area contributed by atoms with Crippen LogP contribution in [0.15, 0.2) is 12.3 Å². The molecule has 1 unspecified atom stereocenters. The number of nitrogens with two attached hydrogens (primary N) is 2. The first kappa shape index (κ1) is 22.8. The molecule has 0 spiro atoms. The van der Waals surface area contributed by atoms with Crippen LogP contribution in [0.5, 0.6) is 0 Å². The van der Waals surface area contributed by atoms with Crippen LogP contribution in [-0.2, 0) is 0 Å². The molecule has 0 bridgehead atoms. The highest BCUT2D eigenvalue weighted by Crippen LogP contribution is 2.11. The fraction of sp³-hybridized carbons (Fsp3) is 0.733. The molecule has 7 heteroatoms. The lowest BCUT2D eigenvalue weighted by molar-refractivity contribution is 0.306. The fourth-order valence-electron chi connectivity index (χ4n) is 1.44. The second-order valence-corrected chi connectivity index (χ2v) is 4.37. The van der Waals surface area contributed by atoms with Crippen LogP contribution in [0.25, 0.3) is 0 Å². The third kappa shape index (κ3) is 12.3. The molecule has 5 N–H and O–H groups in total. The van der Waals surface area contributed by atoms with Gasteiger partial charge in [-0.25, -0.2) is 9.37 Å². The number of anilines is 2. The molecule has 0 aliphatic carbocycles. The zero-order valence-corrected chi connectivity index (χ0v) is 14.3. The lowest BCUT2D eigenvalue weighted by Gasteiger charge is -2.23. The molecule has 0 amide bonds. The Morgan fingerprint density at radius 2 is 2.00 bits per heavy atom. The van der Waals surface area contributed by atoms with Crippen molar-refractivity contribution >= 4 is 11.8 Å². The number of unbranched alkanes of at least 4 members (excludes halogenated alkanes) is 1. The third-order valence-corrected chi connectivity index (χ3v) is 2.33. The van der Waals surface area contributed by atoms with E-state index in [-0.39, 0.29) is 6.61 Å². The van der Waals surface area contributed by atoms with Crippen molar-refractivity contribution in [1.29, 1.82) is 0 Å². The molecule has 1 heterocycles. The van der Waals surface area contributed by atoms with Crippen molar-refractivity contribution in [3.05, 3.63) is 12.3 Å². The number of aliphatic hydroxyl groups excluding tert-OH is 1. The second-order valence-electron chi connectivity index (χ2n) is 4.37. The molecule has 130 valence electrons. The Balaban J connectivity index is 0. The average molecular weight is 317 g/mol. The molecule has 0 fully saturated rings. The Hall–Kier alpha value is -1.47. The van der Waals surface area contributed by atoms with Gasteiger partial charge in [-0.05, 0) is 19.4 Å². The molecule has 1 aromatic rings. The Bertz CT molecular complexity index is 350. The summed E-state index contributed by atoms with van der Waals surface area (Å²) >= 11 is 0. The first-order valence-electron chi connectivity index (χ1n) is 7.83. The van der Waals surface area contributed by atoms with E-state index in [9.17, 15) is 4.39 Å². The molecule has 0 saturated carbocycles. The zero-order valence-electron chi connectivity index (χ0n) is 14.3. The molecule has 6 nitrogen and oxygen atoms in total. The maximum absolute atomic E-state index is 13.0. The molecular weight excluding hydrogens is 285 g/mol. The van der Waals surface area contributed by atoms with Crippen molar-refractivity contribution < 1.29 is 9.50 Å². The highest BCUT2D eigenvalue weighted by molar-refractivity contribution is 5.37. The largest absolute Gasteiger partial charge is 0.395 e. The second kappa shape index (κ2) is 15.9. The number of aromatic nitrogens is 2. The topological polar surface area (TPSA) is 101 Å². The number of nitrogens with zero attached hydrogens (tertiary/aromatic N) is 3. The quantitative estimate of drug-likeness (QED) is 0.711. The van der Waals surface area contributed by atoms with E-state index in [1.54, 1.807) is 12.3 Å². The van der Waals surface area contributed by atoms with Gasteiger partial charge in [0.2, 0.25) is 5.95 Å². The maximum atomic E-state index is 13.0. The molecule has 1 rings (SSSR count). The number of halogens is 1. The van der Waals surface area contributed by atoms with Crippen molar-refractivity contribution in [2.24, 2.45) is 5.73 Å². The van der Waals surface area contributed by atoms with Gasteiger partial charge in [-0.1, -0.05) is 27.2 Å². The van der Waals surface area contributed by atoms with E-state index in [1.165, 1.54) is 6.92 Å². The summed E-state index contributed by atoms with van der Waals surface area (Å²) in [6, 6.07) is 1.63. The van der Waals surface area contributed by atoms with E-state index in [4.69, 9.17) is 16.6 Å². The van der Waals surface area contributed by atoms with E-state index in [2.05, 4.69) is 16.9 Å². The minimum atomic E-state index is -0.901. The summed E-state index contributed by atoms with van der Waals surface area (Å²) < 4.78 is 13.0. The maximum Gasteiger partial charge on any atom is 0.227 e. The number of hydrogen-bond donors (Lipinski definition) is 3. The van der Waals surface area contributed by atoms with Crippen LogP contribution in [0.2, 0.25) is 0 Å². The lowest BCUT2D eigenvalue weighted by atomic mass is 10.3. The Morgan fingerprint density at radius 3 is 2.41 bits per heavy atom. The molecule has 0 saturated heterocycles. The smallest absolute Gasteiger partial charge is 0.227 e. The van der Waals surface area contributed by atoms with Crippen LogP contribution in [-0.4, -0.2) is 47.5 Å². The molecule has 0 aliphatic heterocycles. The minimum absolute atomic E-state index is 0.0972. The predicted molar refractivity (Wildman–Crippen MR) is 91.6 cm³/mol. The summed E-state index contributed by atoms with van der Waals surface area (Å²) in [5.41, 5.74) is 10.4. The molecule has 0 radical (unpaired) electrons. The van der Waals surface area contributed by atoms with Gasteiger partial charge in [-0.2, -0.15) is 4.98 Å². The Morgan fingerprint density at radius 1 is 1.41 bits per heavy atom. The number of alkyl halides is 1. The van der Waals surface area contributed by atoms with Gasteiger partial charge in [-0.15, -0.1) is 0 Å². The van der Waals surface area contributed by atoms with Crippen LogP contribution < -0.4 is 16.4 Å². The summed E-state index contributed by atoms with van der Waals surface area (Å²) in [4.78, 5) is 10.1. The van der Waals surface area contributed by atoms with Gasteiger partial charge in [0.15, 0.2) is 0 Å². The molecule has 0 aromatic carbocycles. The highest BCUT2D eigenvalue weighted by Gasteiger charge is 2.12. The van der Waals surface area contributed by atoms with Gasteiger partial charge in [0.1, 0.15) is 12.0 Å². The standard InChI is InChI=1S/C11H19FN4.C2H7NO.C2H6/c1-3-4-7-16(8-9(2)12)11-14-6-5-10(13)15-11;3-1-2-4;1-2/h5-6,9H,3-4,7-8H2,1-2H3,(H2,13,14,15);4H,1-3H2;1-2H3. The van der Waals surface area contributed by atoms with Crippen LogP contribution >= 0.6 is 0 Å². The van der Waals surface area contributed by atoms with E-state index >= 15 is 0 Å². The Labute approximate surface area is 133 Å². The van der Waals surface area contributed by atoms with Crippen LogP contribution in [0.3, 0.4) is 0 Å². The van der Waals surface area contributed by atoms with Crippen molar-refractivity contribution in [2.75, 3.05) is 36.9 Å². The molecule has 0 aliphatic rings. The molecule has 1 atom stereocenters. The fourth-order valence-corrected chi connectivity index (χ4v) is 1.44. The molecule has 1 aromatic heterocycles. The van der Waals surface area contributed by atoms with Gasteiger partial charge in [0.05, 0.1) is 13.2 Å². The van der Waals surface area contributed by atoms with E-state index in [0.717, 1.165) is 19.4 Å². The number of aliphatic hydroxyl groups is 1. The zero-order chi connectivity index (χ0) is 17.4. The van der Waals surface area contributed by atoms with Gasteiger partial charge < -0.3 is 21.5 Å². The first-order valence-corrected chi connectivity index (χ1v) is 7.83. The summed E-state index contributed by atoms with van der Waals surface area (Å²) in [7, 11) is 0. The molecule has 22 heavy (non-hydrogen) atoms. The van der Waals surface area contributed by atoms with Crippen molar-refractivity contribution in [2.45, 2.75) is 46.7 Å². The summed E-state index contributed by atoms with van der Waals surface area (Å²) in [5.74, 6) is 0.927. The summed E-state index contributed by atoms with van der Waals surface area (Å²) in [5, 5.41) is 7.75. The summed E-state index contributed by atoms with van der Waals surface area (Å²) in [6.07, 6.45) is 2.74. The van der Waals surface area contributed by atoms with Crippen LogP contribution in [0.1, 0.15) is 40.5 Å². The SMILES string of the molecule is CC.CCCCN(CC(C)F)c1nccc(N)n1.NCCO. The van der Waals surface area contributed by atoms with Crippen LogP contribution in [0.4, 0.5) is 16.2 Å². The average Bonchev–Trinajstić information content (AvgIpc) is 2.53. The van der Waals surface area contributed by atoms with E-state index in [0.29, 0.717) is 24.9 Å². The summed E-state index contributed by atoms with van der Waals surface area (Å²) in [6.45, 7) is 9.17. The number of hydrogen-bond acceptors (Lipinski definition) is 6. The Kier molecular flexibility index (Phi) is 16.5. The third-order valence-electron chi connectivity index (χ3n) is 2.33. The van der Waals surface area contributed by atoms with Gasteiger partial charge >= 0.3 is 0 Å². The lowest BCUT2D eigenvalue weighted by Crippen LogP contribution is -2.31. The van der Waals surface area contributed by atoms with Gasteiger partial charge in [0, 0.05) is 19.3 Å². The molecular formula is C15H32FN5O. The van der Waals surface area contributed by atoms with E-state index < -0.39 is 6.17 Å². The highest BCUT2D eigenvalue weighted by atomic mass is 19.1.